The summed E-state index contributed by atoms with van der Waals surface area (Å²) in [5, 5.41) is 3.31. The van der Waals surface area contributed by atoms with Crippen LogP contribution < -0.4 is 5.32 Å². The molecule has 1 N–H and O–H groups in total. The van der Waals surface area contributed by atoms with Crippen LogP contribution in [0, 0.1) is 5.92 Å². The smallest absolute Gasteiger partial charge is 0.134 e. The summed E-state index contributed by atoms with van der Waals surface area (Å²) in [5.74, 6) is 0.855. The van der Waals surface area contributed by atoms with Gasteiger partial charge in [0.15, 0.2) is 0 Å². The Kier molecular flexibility index (Phi) is 5.23. The molecule has 2 nitrogen and oxygen atoms in total. The van der Waals surface area contributed by atoms with Crippen molar-refractivity contribution in [1.82, 2.24) is 5.32 Å². The van der Waals surface area contributed by atoms with Crippen molar-refractivity contribution in [3.8, 4) is 0 Å². The highest BCUT2D eigenvalue weighted by molar-refractivity contribution is 5.78. The molecule has 2 heteroatoms. The van der Waals surface area contributed by atoms with Crippen LogP contribution in [-0.4, -0.2) is 17.9 Å². The number of hydrogen-bond acceptors (Lipinski definition) is 2. The molecule has 0 amide bonds. The molecule has 13 heavy (non-hydrogen) atoms. The van der Waals surface area contributed by atoms with Crippen molar-refractivity contribution in [2.24, 2.45) is 5.92 Å². The normalized spacial score (nSPS) is 12.2. The lowest BCUT2D eigenvalue weighted by Gasteiger charge is -2.20. The first-order valence-corrected chi connectivity index (χ1v) is 5.08. The molecule has 0 fully saturated rings. The van der Waals surface area contributed by atoms with Crippen LogP contribution in [0.25, 0.3) is 0 Å². The Labute approximate surface area is 82.1 Å². The van der Waals surface area contributed by atoms with E-state index in [0.29, 0.717) is 24.5 Å². The van der Waals surface area contributed by atoms with Gasteiger partial charge in [0.05, 0.1) is 0 Å². The highest BCUT2D eigenvalue weighted by Crippen LogP contribution is 2.03. The molecule has 0 bridgehead atoms. The molecule has 0 spiro atoms. The molecule has 0 unspecified atom stereocenters. The number of carbonyl (C=O) groups excluding carboxylic acids is 1. The van der Waals surface area contributed by atoms with Gasteiger partial charge < -0.3 is 5.32 Å². The maximum Gasteiger partial charge on any atom is 0.134 e. The monoisotopic (exact) mass is 185 g/mol. The molecular formula is C11H23NO. The van der Waals surface area contributed by atoms with Crippen molar-refractivity contribution in [2.45, 2.75) is 53.0 Å². The molecule has 0 aromatic carbocycles. The number of rotatable bonds is 5. The van der Waals surface area contributed by atoms with Crippen molar-refractivity contribution in [2.75, 3.05) is 6.54 Å². The van der Waals surface area contributed by atoms with E-state index in [1.807, 2.05) is 0 Å². The summed E-state index contributed by atoms with van der Waals surface area (Å²) in [6, 6.07) is 0. The number of nitrogens with one attached hydrogen (secondary N) is 1. The van der Waals surface area contributed by atoms with Crippen LogP contribution in [0.2, 0.25) is 0 Å². The fourth-order valence-corrected chi connectivity index (χ4v) is 1.13. The summed E-state index contributed by atoms with van der Waals surface area (Å²) in [4.78, 5) is 11.3. The first kappa shape index (κ1) is 12.6. The fraction of sp³-hybridized carbons (Fsp3) is 0.909. The predicted octanol–water partition coefficient (Wildman–Crippen LogP) is 2.38. The Morgan fingerprint density at radius 2 is 1.85 bits per heavy atom. The average Bonchev–Trinajstić information content (AvgIpc) is 1.81. The van der Waals surface area contributed by atoms with Gasteiger partial charge in [-0.05, 0) is 26.7 Å². The molecule has 0 heterocycles. The van der Waals surface area contributed by atoms with E-state index < -0.39 is 0 Å². The molecule has 0 aromatic rings. The zero-order valence-corrected chi connectivity index (χ0v) is 9.61. The van der Waals surface area contributed by atoms with Gasteiger partial charge in [-0.3, -0.25) is 4.79 Å². The second kappa shape index (κ2) is 5.38. The van der Waals surface area contributed by atoms with Crippen molar-refractivity contribution >= 4 is 5.78 Å². The summed E-state index contributed by atoms with van der Waals surface area (Å²) in [6.45, 7) is 11.3. The molecule has 0 rings (SSSR count). The van der Waals surface area contributed by atoms with Crippen molar-refractivity contribution in [3.05, 3.63) is 0 Å². The van der Waals surface area contributed by atoms with E-state index >= 15 is 0 Å². The van der Waals surface area contributed by atoms with Gasteiger partial charge in [0.2, 0.25) is 0 Å². The van der Waals surface area contributed by atoms with Crippen molar-refractivity contribution < 1.29 is 4.79 Å². The molecule has 0 aliphatic heterocycles. The maximum atomic E-state index is 11.3. The van der Waals surface area contributed by atoms with E-state index in [0.717, 1.165) is 6.54 Å². The van der Waals surface area contributed by atoms with Crippen LogP contribution in [0.1, 0.15) is 47.5 Å². The minimum absolute atomic E-state index is 0.123. The highest BCUT2D eigenvalue weighted by atomic mass is 16.1. The largest absolute Gasteiger partial charge is 0.312 e. The third-order valence-corrected chi connectivity index (χ3v) is 1.70. The molecule has 0 saturated carbocycles. The van der Waals surface area contributed by atoms with Crippen LogP contribution in [-0.2, 0) is 4.79 Å². The van der Waals surface area contributed by atoms with E-state index in [1.54, 1.807) is 0 Å². The molecule has 0 aliphatic carbocycles. The fourth-order valence-electron chi connectivity index (χ4n) is 1.13. The van der Waals surface area contributed by atoms with Crippen LogP contribution in [0.5, 0.6) is 0 Å². The Morgan fingerprint density at radius 3 is 2.23 bits per heavy atom. The molecule has 0 radical (unpaired) electrons. The van der Waals surface area contributed by atoms with Crippen LogP contribution in [0.4, 0.5) is 0 Å². The lowest BCUT2D eigenvalue weighted by molar-refractivity contribution is -0.119. The Balaban J connectivity index is 3.49. The van der Waals surface area contributed by atoms with E-state index in [2.05, 4.69) is 39.9 Å². The molecule has 0 aromatic heterocycles. The SMILES string of the molecule is CC(C)CC(=O)CCNC(C)(C)C. The quantitative estimate of drug-likeness (QED) is 0.712. The van der Waals surface area contributed by atoms with Gasteiger partial charge in [-0.1, -0.05) is 13.8 Å². The Morgan fingerprint density at radius 1 is 1.31 bits per heavy atom. The summed E-state index contributed by atoms with van der Waals surface area (Å²) < 4.78 is 0. The highest BCUT2D eigenvalue weighted by Gasteiger charge is 2.10. The van der Waals surface area contributed by atoms with Crippen LogP contribution in [0.15, 0.2) is 0 Å². The van der Waals surface area contributed by atoms with Crippen LogP contribution in [0.3, 0.4) is 0 Å². The average molecular weight is 185 g/mol. The second-order valence-corrected chi connectivity index (χ2v) is 5.06. The molecular weight excluding hydrogens is 162 g/mol. The summed E-state index contributed by atoms with van der Waals surface area (Å²) in [5.41, 5.74) is 0.123. The Bertz CT molecular complexity index is 156. The van der Waals surface area contributed by atoms with Crippen molar-refractivity contribution in [3.63, 3.8) is 0 Å². The third-order valence-electron chi connectivity index (χ3n) is 1.70. The van der Waals surface area contributed by atoms with Gasteiger partial charge in [-0.2, -0.15) is 0 Å². The standard InChI is InChI=1S/C11H23NO/c1-9(2)8-10(13)6-7-12-11(3,4)5/h9,12H,6-8H2,1-5H3. The second-order valence-electron chi connectivity index (χ2n) is 5.06. The van der Waals surface area contributed by atoms with Crippen LogP contribution >= 0.6 is 0 Å². The van der Waals surface area contributed by atoms with E-state index in [4.69, 9.17) is 0 Å². The number of carbonyl (C=O) groups is 1. The molecule has 78 valence electrons. The summed E-state index contributed by atoms with van der Waals surface area (Å²) >= 11 is 0. The van der Waals surface area contributed by atoms with Gasteiger partial charge >= 0.3 is 0 Å². The molecule has 0 aliphatic rings. The third kappa shape index (κ3) is 9.54. The minimum Gasteiger partial charge on any atom is -0.312 e. The topological polar surface area (TPSA) is 29.1 Å². The zero-order chi connectivity index (χ0) is 10.5. The first-order chi connectivity index (χ1) is 5.81. The first-order valence-electron chi connectivity index (χ1n) is 5.08. The molecule has 0 atom stereocenters. The van der Waals surface area contributed by atoms with E-state index in [9.17, 15) is 4.79 Å². The number of ketones is 1. The Hall–Kier alpha value is -0.370. The zero-order valence-electron chi connectivity index (χ0n) is 9.61. The van der Waals surface area contributed by atoms with Gasteiger partial charge in [0.25, 0.3) is 0 Å². The lowest BCUT2D eigenvalue weighted by Crippen LogP contribution is -2.37. The summed E-state index contributed by atoms with van der Waals surface area (Å²) in [7, 11) is 0. The van der Waals surface area contributed by atoms with Gasteiger partial charge in [-0.15, -0.1) is 0 Å². The van der Waals surface area contributed by atoms with Gasteiger partial charge in [-0.25, -0.2) is 0 Å². The lowest BCUT2D eigenvalue weighted by atomic mass is 10.0. The van der Waals surface area contributed by atoms with Gasteiger partial charge in [0, 0.05) is 24.9 Å². The number of Topliss-reactive ketones (excluding diaryl/α,β-unsaturated/α-hetero) is 1. The maximum absolute atomic E-state index is 11.3. The van der Waals surface area contributed by atoms with E-state index in [-0.39, 0.29) is 5.54 Å². The molecule has 0 saturated heterocycles. The van der Waals surface area contributed by atoms with E-state index in [1.165, 1.54) is 0 Å². The number of hydrogen-bond donors (Lipinski definition) is 1. The predicted molar refractivity (Wildman–Crippen MR) is 56.8 cm³/mol. The van der Waals surface area contributed by atoms with Crippen molar-refractivity contribution in [1.29, 1.82) is 0 Å². The summed E-state index contributed by atoms with van der Waals surface area (Å²) in [6.07, 6.45) is 1.38. The van der Waals surface area contributed by atoms with Gasteiger partial charge in [0.1, 0.15) is 5.78 Å². The minimum atomic E-state index is 0.123.